The lowest BCUT2D eigenvalue weighted by atomic mass is 9.58. The van der Waals surface area contributed by atoms with Crippen LogP contribution in [0.1, 0.15) is 38.5 Å². The highest BCUT2D eigenvalue weighted by Gasteiger charge is 2.50. The number of aliphatic hydroxyl groups excluding tert-OH is 1. The third-order valence-corrected chi connectivity index (χ3v) is 3.92. The van der Waals surface area contributed by atoms with E-state index in [1.165, 1.54) is 0 Å². The first-order valence-electron chi connectivity index (χ1n) is 5.21. The van der Waals surface area contributed by atoms with Crippen molar-refractivity contribution >= 4 is 0 Å². The summed E-state index contributed by atoms with van der Waals surface area (Å²) in [4.78, 5) is 0. The number of aliphatic hydroxyl groups is 2. The molecule has 74 valence electrons. The third-order valence-electron chi connectivity index (χ3n) is 3.92. The minimum Gasteiger partial charge on any atom is -0.396 e. The summed E-state index contributed by atoms with van der Waals surface area (Å²) >= 11 is 0. The molecule has 0 aliphatic heterocycles. The van der Waals surface area contributed by atoms with Crippen LogP contribution in [-0.2, 0) is 0 Å². The molecule has 0 spiro atoms. The highest BCUT2D eigenvalue weighted by Crippen LogP contribution is 2.50. The molecule has 0 aromatic heterocycles. The summed E-state index contributed by atoms with van der Waals surface area (Å²) in [6, 6.07) is 0. The number of fused-ring (bicyclic) bond motifs is 1. The van der Waals surface area contributed by atoms with Crippen LogP contribution in [0, 0.1) is 5.41 Å². The van der Waals surface area contributed by atoms with Crippen LogP contribution in [0.3, 0.4) is 0 Å². The lowest BCUT2D eigenvalue weighted by Gasteiger charge is -2.51. The Balaban J connectivity index is 2.30. The van der Waals surface area contributed by atoms with Crippen LogP contribution in [0.15, 0.2) is 12.2 Å². The summed E-state index contributed by atoms with van der Waals surface area (Å²) in [5.41, 5.74) is -0.839. The summed E-state index contributed by atoms with van der Waals surface area (Å²) in [5.74, 6) is 0. The molecule has 0 unspecified atom stereocenters. The Morgan fingerprint density at radius 3 is 2.46 bits per heavy atom. The SMILES string of the molecule is OC[C@]12CC=CC[C@@]1(O)CCCC2. The normalized spacial score (nSPS) is 44.5. The molecule has 1 saturated carbocycles. The highest BCUT2D eigenvalue weighted by atomic mass is 16.3. The van der Waals surface area contributed by atoms with Crippen molar-refractivity contribution in [2.45, 2.75) is 44.1 Å². The maximum absolute atomic E-state index is 10.4. The predicted molar refractivity (Wildman–Crippen MR) is 51.3 cm³/mol. The smallest absolute Gasteiger partial charge is 0.0762 e. The minimum atomic E-state index is -0.616. The molecule has 0 amide bonds. The number of hydrogen-bond acceptors (Lipinski definition) is 2. The van der Waals surface area contributed by atoms with Crippen LogP contribution in [0.4, 0.5) is 0 Å². The summed E-state index contributed by atoms with van der Waals surface area (Å²) in [6.07, 6.45) is 9.83. The molecular formula is C11H18O2. The zero-order valence-electron chi connectivity index (χ0n) is 8.00. The van der Waals surface area contributed by atoms with Crippen molar-refractivity contribution in [2.24, 2.45) is 5.41 Å². The lowest BCUT2D eigenvalue weighted by Crippen LogP contribution is -2.53. The van der Waals surface area contributed by atoms with Crippen molar-refractivity contribution in [3.63, 3.8) is 0 Å². The molecular weight excluding hydrogens is 164 g/mol. The van der Waals surface area contributed by atoms with Gasteiger partial charge in [0.15, 0.2) is 0 Å². The van der Waals surface area contributed by atoms with Gasteiger partial charge in [0.25, 0.3) is 0 Å². The Labute approximate surface area is 79.3 Å². The molecule has 0 radical (unpaired) electrons. The van der Waals surface area contributed by atoms with Gasteiger partial charge in [0, 0.05) is 5.41 Å². The van der Waals surface area contributed by atoms with Crippen LogP contribution in [0.2, 0.25) is 0 Å². The Kier molecular flexibility index (Phi) is 2.20. The van der Waals surface area contributed by atoms with Gasteiger partial charge in [-0.3, -0.25) is 0 Å². The molecule has 2 aliphatic carbocycles. The first-order chi connectivity index (χ1) is 6.22. The zero-order valence-corrected chi connectivity index (χ0v) is 8.00. The van der Waals surface area contributed by atoms with Gasteiger partial charge in [0.2, 0.25) is 0 Å². The maximum atomic E-state index is 10.4. The van der Waals surface area contributed by atoms with E-state index in [9.17, 15) is 10.2 Å². The zero-order chi connectivity index (χ0) is 9.36. The van der Waals surface area contributed by atoms with Gasteiger partial charge in [0.05, 0.1) is 12.2 Å². The van der Waals surface area contributed by atoms with Gasteiger partial charge in [-0.05, 0) is 25.7 Å². The molecule has 2 nitrogen and oxygen atoms in total. The van der Waals surface area contributed by atoms with Crippen molar-refractivity contribution in [1.29, 1.82) is 0 Å². The van der Waals surface area contributed by atoms with Gasteiger partial charge >= 0.3 is 0 Å². The molecule has 0 saturated heterocycles. The van der Waals surface area contributed by atoms with Crippen molar-refractivity contribution in [3.05, 3.63) is 12.2 Å². The van der Waals surface area contributed by atoms with Crippen molar-refractivity contribution in [2.75, 3.05) is 6.61 Å². The number of hydrogen-bond donors (Lipinski definition) is 2. The molecule has 0 aromatic rings. The Morgan fingerprint density at radius 1 is 1.08 bits per heavy atom. The second kappa shape index (κ2) is 3.10. The average molecular weight is 182 g/mol. The molecule has 0 heterocycles. The van der Waals surface area contributed by atoms with E-state index in [4.69, 9.17) is 0 Å². The van der Waals surface area contributed by atoms with Gasteiger partial charge < -0.3 is 10.2 Å². The molecule has 13 heavy (non-hydrogen) atoms. The predicted octanol–water partition coefficient (Wildman–Crippen LogP) is 1.62. The number of allylic oxidation sites excluding steroid dienone is 1. The third kappa shape index (κ3) is 1.24. The largest absolute Gasteiger partial charge is 0.396 e. The molecule has 2 rings (SSSR count). The van der Waals surface area contributed by atoms with Crippen molar-refractivity contribution in [3.8, 4) is 0 Å². The second-order valence-electron chi connectivity index (χ2n) is 4.56. The molecule has 2 N–H and O–H groups in total. The van der Waals surface area contributed by atoms with E-state index in [2.05, 4.69) is 12.2 Å². The molecule has 0 bridgehead atoms. The Hall–Kier alpha value is -0.340. The summed E-state index contributed by atoms with van der Waals surface area (Å²) < 4.78 is 0. The van der Waals surface area contributed by atoms with E-state index < -0.39 is 5.60 Å². The summed E-state index contributed by atoms with van der Waals surface area (Å²) in [6.45, 7) is 0.133. The van der Waals surface area contributed by atoms with Crippen LogP contribution < -0.4 is 0 Å². The van der Waals surface area contributed by atoms with Gasteiger partial charge in [0.1, 0.15) is 0 Å². The van der Waals surface area contributed by atoms with Crippen molar-refractivity contribution in [1.82, 2.24) is 0 Å². The fraction of sp³-hybridized carbons (Fsp3) is 0.818. The standard InChI is InChI=1S/C11H18O2/c12-9-10-5-1-3-7-11(10,13)8-4-2-6-10/h1,3,12-13H,2,4-9H2/t10-,11-/m1/s1. The van der Waals surface area contributed by atoms with E-state index >= 15 is 0 Å². The quantitative estimate of drug-likeness (QED) is 0.605. The van der Waals surface area contributed by atoms with Crippen LogP contribution in [0.5, 0.6) is 0 Å². The first-order valence-corrected chi connectivity index (χ1v) is 5.21. The van der Waals surface area contributed by atoms with E-state index in [0.29, 0.717) is 0 Å². The number of rotatable bonds is 1. The molecule has 2 atom stereocenters. The first kappa shape index (κ1) is 9.22. The average Bonchev–Trinajstić information content (AvgIpc) is 2.17. The molecule has 2 heteroatoms. The minimum absolute atomic E-state index is 0.133. The summed E-state index contributed by atoms with van der Waals surface area (Å²) in [7, 11) is 0. The van der Waals surface area contributed by atoms with Crippen LogP contribution >= 0.6 is 0 Å². The van der Waals surface area contributed by atoms with Gasteiger partial charge in [-0.1, -0.05) is 25.0 Å². The monoisotopic (exact) mass is 182 g/mol. The van der Waals surface area contributed by atoms with Gasteiger partial charge in [-0.15, -0.1) is 0 Å². The fourth-order valence-electron chi connectivity index (χ4n) is 2.87. The molecule has 2 aliphatic rings. The molecule has 0 aromatic carbocycles. The molecule has 1 fully saturated rings. The fourth-order valence-corrected chi connectivity index (χ4v) is 2.87. The van der Waals surface area contributed by atoms with Gasteiger partial charge in [-0.25, -0.2) is 0 Å². The maximum Gasteiger partial charge on any atom is 0.0762 e. The summed E-state index contributed by atoms with van der Waals surface area (Å²) in [5, 5.41) is 19.9. The van der Waals surface area contributed by atoms with Crippen LogP contribution in [-0.4, -0.2) is 22.4 Å². The van der Waals surface area contributed by atoms with Crippen molar-refractivity contribution < 1.29 is 10.2 Å². The lowest BCUT2D eigenvalue weighted by molar-refractivity contribution is -0.137. The Morgan fingerprint density at radius 2 is 1.77 bits per heavy atom. The Bertz CT molecular complexity index is 224. The van der Waals surface area contributed by atoms with E-state index in [1.807, 2.05) is 0 Å². The van der Waals surface area contributed by atoms with E-state index in [1.54, 1.807) is 0 Å². The highest BCUT2D eigenvalue weighted by molar-refractivity contribution is 5.12. The van der Waals surface area contributed by atoms with Crippen LogP contribution in [0.25, 0.3) is 0 Å². The van der Waals surface area contributed by atoms with E-state index in [-0.39, 0.29) is 12.0 Å². The topological polar surface area (TPSA) is 40.5 Å². The second-order valence-corrected chi connectivity index (χ2v) is 4.56. The van der Waals surface area contributed by atoms with E-state index in [0.717, 1.165) is 38.5 Å². The van der Waals surface area contributed by atoms with Gasteiger partial charge in [-0.2, -0.15) is 0 Å².